The van der Waals surface area contributed by atoms with Crippen molar-refractivity contribution in [3.63, 3.8) is 0 Å². The predicted octanol–water partition coefficient (Wildman–Crippen LogP) is 6.46. The summed E-state index contributed by atoms with van der Waals surface area (Å²) in [5.74, 6) is 0. The van der Waals surface area contributed by atoms with E-state index in [4.69, 9.17) is 4.74 Å². The van der Waals surface area contributed by atoms with Gasteiger partial charge in [0.25, 0.3) is 0 Å². The molecule has 1 saturated heterocycles. The van der Waals surface area contributed by atoms with E-state index in [9.17, 15) is 0 Å². The topological polar surface area (TPSA) is 12.5 Å². The summed E-state index contributed by atoms with van der Waals surface area (Å²) in [5.41, 5.74) is 1.37. The van der Waals surface area contributed by atoms with Crippen molar-refractivity contribution in [1.29, 1.82) is 0 Å². The second-order valence-electron chi connectivity index (χ2n) is 10.3. The summed E-state index contributed by atoms with van der Waals surface area (Å²) in [4.78, 5) is 0. The zero-order valence-electron chi connectivity index (χ0n) is 16.4. The molecule has 126 valence electrons. The van der Waals surface area contributed by atoms with E-state index in [0.29, 0.717) is 23.0 Å². The SMILES string of the molecule is CCC(C)(C)CC(C)(C)C1OC1C(C)(C)CC(C)(C)CC. The molecule has 1 nitrogen and oxygen atoms in total. The second-order valence-corrected chi connectivity index (χ2v) is 10.3. The van der Waals surface area contributed by atoms with E-state index in [2.05, 4.69) is 69.2 Å². The zero-order valence-corrected chi connectivity index (χ0v) is 16.4. The zero-order chi connectivity index (χ0) is 16.7. The van der Waals surface area contributed by atoms with Crippen molar-refractivity contribution in [3.8, 4) is 0 Å². The van der Waals surface area contributed by atoms with Gasteiger partial charge in [-0.15, -0.1) is 0 Å². The average Bonchev–Trinajstić information content (AvgIpc) is 3.07. The lowest BCUT2D eigenvalue weighted by atomic mass is 9.66. The Bertz CT molecular complexity index is 315. The van der Waals surface area contributed by atoms with Gasteiger partial charge in [0.2, 0.25) is 0 Å². The molecule has 0 spiro atoms. The molecule has 1 fully saturated rings. The first-order valence-corrected chi connectivity index (χ1v) is 8.92. The Hall–Kier alpha value is -0.0400. The van der Waals surface area contributed by atoms with E-state index in [1.165, 1.54) is 25.7 Å². The van der Waals surface area contributed by atoms with Crippen molar-refractivity contribution in [2.24, 2.45) is 21.7 Å². The standard InChI is InChI=1S/C20H40O/c1-11-17(3,4)13-19(7,8)15-16(21-15)20(9,10)14-18(5,6)12-2/h15-16H,11-14H2,1-10H3. The van der Waals surface area contributed by atoms with E-state index in [0.717, 1.165) is 0 Å². The van der Waals surface area contributed by atoms with Crippen LogP contribution in [0.5, 0.6) is 0 Å². The monoisotopic (exact) mass is 296 g/mol. The Labute approximate surface area is 134 Å². The van der Waals surface area contributed by atoms with Crippen LogP contribution in [0, 0.1) is 21.7 Å². The van der Waals surface area contributed by atoms with Gasteiger partial charge in [-0.2, -0.15) is 0 Å². The van der Waals surface area contributed by atoms with Crippen molar-refractivity contribution in [1.82, 2.24) is 0 Å². The molecule has 0 radical (unpaired) electrons. The largest absolute Gasteiger partial charge is 0.368 e. The molecule has 21 heavy (non-hydrogen) atoms. The molecule has 0 aromatic carbocycles. The van der Waals surface area contributed by atoms with Crippen molar-refractivity contribution in [3.05, 3.63) is 0 Å². The van der Waals surface area contributed by atoms with Gasteiger partial charge in [-0.1, -0.05) is 82.1 Å². The van der Waals surface area contributed by atoms with E-state index >= 15 is 0 Å². The van der Waals surface area contributed by atoms with Gasteiger partial charge in [0, 0.05) is 0 Å². The Balaban J connectivity index is 2.71. The fraction of sp³-hybridized carbons (Fsp3) is 1.00. The Morgan fingerprint density at radius 2 is 0.905 bits per heavy atom. The lowest BCUT2D eigenvalue weighted by Crippen LogP contribution is -2.34. The molecular weight excluding hydrogens is 256 g/mol. The molecule has 1 heteroatoms. The molecule has 0 N–H and O–H groups in total. The molecule has 2 atom stereocenters. The normalized spacial score (nSPS) is 24.3. The van der Waals surface area contributed by atoms with Gasteiger partial charge >= 0.3 is 0 Å². The van der Waals surface area contributed by atoms with E-state index in [-0.39, 0.29) is 10.8 Å². The summed E-state index contributed by atoms with van der Waals surface area (Å²) < 4.78 is 6.23. The Morgan fingerprint density at radius 3 is 1.14 bits per heavy atom. The first kappa shape index (κ1) is 19.0. The quantitative estimate of drug-likeness (QED) is 0.468. The van der Waals surface area contributed by atoms with Crippen LogP contribution in [0.4, 0.5) is 0 Å². The smallest absolute Gasteiger partial charge is 0.0898 e. The van der Waals surface area contributed by atoms with Crippen molar-refractivity contribution >= 4 is 0 Å². The number of hydrogen-bond donors (Lipinski definition) is 0. The van der Waals surface area contributed by atoms with Crippen molar-refractivity contribution in [2.45, 2.75) is 107 Å². The Morgan fingerprint density at radius 1 is 0.619 bits per heavy atom. The van der Waals surface area contributed by atoms with Gasteiger partial charge in [-0.05, 0) is 34.5 Å². The molecule has 1 aliphatic rings. The summed E-state index contributed by atoms with van der Waals surface area (Å²) >= 11 is 0. The molecular formula is C20H40O. The highest BCUT2D eigenvalue weighted by Crippen LogP contribution is 2.54. The fourth-order valence-electron chi connectivity index (χ4n) is 4.22. The van der Waals surface area contributed by atoms with E-state index < -0.39 is 0 Å². The van der Waals surface area contributed by atoms with E-state index in [1.54, 1.807) is 0 Å². The van der Waals surface area contributed by atoms with Gasteiger partial charge in [-0.25, -0.2) is 0 Å². The maximum absolute atomic E-state index is 6.23. The maximum atomic E-state index is 6.23. The van der Waals surface area contributed by atoms with Crippen molar-refractivity contribution in [2.75, 3.05) is 0 Å². The Kier molecular flexibility index (Phi) is 5.31. The molecule has 0 saturated carbocycles. The minimum atomic E-state index is 0.276. The van der Waals surface area contributed by atoms with Crippen LogP contribution in [0.25, 0.3) is 0 Å². The van der Waals surface area contributed by atoms with Crippen LogP contribution in [0.2, 0.25) is 0 Å². The highest BCUT2D eigenvalue weighted by molar-refractivity contribution is 5.05. The van der Waals surface area contributed by atoms with E-state index in [1.807, 2.05) is 0 Å². The van der Waals surface area contributed by atoms with Gasteiger partial charge in [0.1, 0.15) is 0 Å². The molecule has 2 unspecified atom stereocenters. The summed E-state index contributed by atoms with van der Waals surface area (Å²) in [6.45, 7) is 23.7. The third-order valence-electron chi connectivity index (χ3n) is 5.81. The number of rotatable bonds is 8. The third kappa shape index (κ3) is 4.98. The molecule has 1 heterocycles. The van der Waals surface area contributed by atoms with Crippen LogP contribution in [0.15, 0.2) is 0 Å². The van der Waals surface area contributed by atoms with Gasteiger partial charge in [0.05, 0.1) is 12.2 Å². The highest BCUT2D eigenvalue weighted by Gasteiger charge is 2.57. The molecule has 0 bridgehead atoms. The summed E-state index contributed by atoms with van der Waals surface area (Å²) in [5, 5.41) is 0. The number of hydrogen-bond acceptors (Lipinski definition) is 1. The second kappa shape index (κ2) is 5.87. The van der Waals surface area contributed by atoms with Crippen LogP contribution in [-0.4, -0.2) is 12.2 Å². The van der Waals surface area contributed by atoms with Gasteiger partial charge < -0.3 is 4.74 Å². The summed E-state index contributed by atoms with van der Waals surface area (Å²) in [6.07, 6.45) is 5.83. The minimum absolute atomic E-state index is 0.276. The lowest BCUT2D eigenvalue weighted by Gasteiger charge is -2.36. The maximum Gasteiger partial charge on any atom is 0.0898 e. The van der Waals surface area contributed by atoms with Gasteiger partial charge in [-0.3, -0.25) is 0 Å². The average molecular weight is 297 g/mol. The molecule has 0 aliphatic carbocycles. The molecule has 0 amide bonds. The van der Waals surface area contributed by atoms with Crippen LogP contribution >= 0.6 is 0 Å². The van der Waals surface area contributed by atoms with Crippen LogP contribution < -0.4 is 0 Å². The van der Waals surface area contributed by atoms with Crippen LogP contribution in [0.3, 0.4) is 0 Å². The summed E-state index contributed by atoms with van der Waals surface area (Å²) in [6, 6.07) is 0. The molecule has 0 aromatic heterocycles. The molecule has 0 aromatic rings. The van der Waals surface area contributed by atoms with Crippen LogP contribution in [0.1, 0.15) is 94.9 Å². The minimum Gasteiger partial charge on any atom is -0.368 e. The first-order valence-electron chi connectivity index (χ1n) is 8.92. The number of ether oxygens (including phenoxy) is 1. The van der Waals surface area contributed by atoms with Gasteiger partial charge in [0.15, 0.2) is 0 Å². The fourth-order valence-corrected chi connectivity index (χ4v) is 4.22. The highest BCUT2D eigenvalue weighted by atomic mass is 16.6. The summed E-state index contributed by atoms with van der Waals surface area (Å²) in [7, 11) is 0. The van der Waals surface area contributed by atoms with Crippen LogP contribution in [-0.2, 0) is 4.74 Å². The lowest BCUT2D eigenvalue weighted by molar-refractivity contribution is 0.140. The third-order valence-corrected chi connectivity index (χ3v) is 5.81. The number of epoxide rings is 1. The predicted molar refractivity (Wildman–Crippen MR) is 93.6 cm³/mol. The molecule has 1 aliphatic heterocycles. The first-order chi connectivity index (χ1) is 9.26. The van der Waals surface area contributed by atoms with Crippen molar-refractivity contribution < 1.29 is 4.74 Å². The molecule has 1 rings (SSSR count).